The topological polar surface area (TPSA) is 51.1 Å². The fourth-order valence-corrected chi connectivity index (χ4v) is 2.61. The molecule has 0 spiro atoms. The van der Waals surface area contributed by atoms with Crippen molar-refractivity contribution in [3.63, 3.8) is 0 Å². The van der Waals surface area contributed by atoms with Gasteiger partial charge >= 0.3 is 5.97 Å². The molecule has 0 aliphatic carbocycles. The third kappa shape index (κ3) is 4.02. The highest BCUT2D eigenvalue weighted by Crippen LogP contribution is 2.27. The van der Waals surface area contributed by atoms with Crippen LogP contribution < -0.4 is 0 Å². The monoisotopic (exact) mass is 284 g/mol. The third-order valence-corrected chi connectivity index (χ3v) is 3.62. The molecule has 6 heteroatoms. The summed E-state index contributed by atoms with van der Waals surface area (Å²) in [4.78, 5) is 17.2. The standard InChI is InChI=1S/C13H20N2O3S/c1-6-17-13(16)11(14-4)7-19-8-12-9(2)18-10(3)15(12)5/h7,10H,4,6,8H2,1-3,5H3/b11-7-. The Morgan fingerprint density at radius 1 is 1.68 bits per heavy atom. The van der Waals surface area contributed by atoms with Gasteiger partial charge < -0.3 is 14.4 Å². The summed E-state index contributed by atoms with van der Waals surface area (Å²) in [5.41, 5.74) is 1.35. The van der Waals surface area contributed by atoms with Crippen LogP contribution in [-0.2, 0) is 14.3 Å². The first-order valence-corrected chi connectivity index (χ1v) is 7.11. The molecule has 0 aromatic heterocycles. The van der Waals surface area contributed by atoms with Crippen molar-refractivity contribution in [2.75, 3.05) is 19.4 Å². The van der Waals surface area contributed by atoms with Gasteiger partial charge in [-0.1, -0.05) is 0 Å². The average Bonchev–Trinajstić information content (AvgIpc) is 2.60. The first kappa shape index (κ1) is 15.6. The Bertz CT molecular complexity index is 418. The molecule has 106 valence electrons. The van der Waals surface area contributed by atoms with E-state index in [0.29, 0.717) is 12.4 Å². The maximum Gasteiger partial charge on any atom is 0.357 e. The van der Waals surface area contributed by atoms with Crippen LogP contribution in [0.2, 0.25) is 0 Å². The number of rotatable bonds is 6. The number of carbonyl (C=O) groups excluding carboxylic acids is 1. The zero-order valence-corrected chi connectivity index (χ0v) is 12.6. The minimum absolute atomic E-state index is 0.0571. The Labute approximate surface area is 118 Å². The number of carbonyl (C=O) groups is 1. The normalized spacial score (nSPS) is 19.5. The molecule has 1 atom stereocenters. The van der Waals surface area contributed by atoms with Gasteiger partial charge in [-0.2, -0.15) is 0 Å². The maximum absolute atomic E-state index is 11.5. The number of allylic oxidation sites excluding steroid dienone is 1. The van der Waals surface area contributed by atoms with Crippen molar-refractivity contribution >= 4 is 24.4 Å². The van der Waals surface area contributed by atoms with Gasteiger partial charge in [0.1, 0.15) is 5.76 Å². The van der Waals surface area contributed by atoms with Crippen LogP contribution in [0.1, 0.15) is 20.8 Å². The molecular weight excluding hydrogens is 264 g/mol. The third-order valence-electron chi connectivity index (χ3n) is 2.79. The van der Waals surface area contributed by atoms with E-state index >= 15 is 0 Å². The van der Waals surface area contributed by atoms with Gasteiger partial charge in [0.2, 0.25) is 0 Å². The lowest BCUT2D eigenvalue weighted by molar-refractivity contribution is -0.138. The van der Waals surface area contributed by atoms with E-state index in [-0.39, 0.29) is 11.9 Å². The van der Waals surface area contributed by atoms with Crippen molar-refractivity contribution in [3.8, 4) is 0 Å². The van der Waals surface area contributed by atoms with E-state index in [9.17, 15) is 4.79 Å². The fraction of sp³-hybridized carbons (Fsp3) is 0.538. The first-order valence-electron chi connectivity index (χ1n) is 6.06. The van der Waals surface area contributed by atoms with Crippen molar-refractivity contribution in [3.05, 3.63) is 22.6 Å². The maximum atomic E-state index is 11.5. The number of hydrogen-bond acceptors (Lipinski definition) is 6. The van der Waals surface area contributed by atoms with Crippen molar-refractivity contribution in [1.29, 1.82) is 0 Å². The molecule has 1 unspecified atom stereocenters. The van der Waals surface area contributed by atoms with Crippen LogP contribution in [0.4, 0.5) is 0 Å². The van der Waals surface area contributed by atoms with Gasteiger partial charge in [-0.3, -0.25) is 4.99 Å². The van der Waals surface area contributed by atoms with Crippen LogP contribution in [0.5, 0.6) is 0 Å². The van der Waals surface area contributed by atoms with Gasteiger partial charge in [0.05, 0.1) is 12.3 Å². The quantitative estimate of drug-likeness (QED) is 0.426. The molecule has 0 saturated carbocycles. The number of nitrogens with zero attached hydrogens (tertiary/aromatic N) is 2. The van der Waals surface area contributed by atoms with Crippen LogP contribution in [0.15, 0.2) is 27.6 Å². The molecule has 0 fully saturated rings. The lowest BCUT2D eigenvalue weighted by Crippen LogP contribution is -2.24. The van der Waals surface area contributed by atoms with Crippen LogP contribution >= 0.6 is 11.8 Å². The van der Waals surface area contributed by atoms with Gasteiger partial charge in [-0.25, -0.2) is 4.79 Å². The van der Waals surface area contributed by atoms with E-state index in [1.807, 2.05) is 20.9 Å². The molecular formula is C13H20N2O3S. The van der Waals surface area contributed by atoms with Gasteiger partial charge in [-0.15, -0.1) is 11.8 Å². The number of ether oxygens (including phenoxy) is 2. The molecule has 19 heavy (non-hydrogen) atoms. The molecule has 1 aliphatic rings. The number of esters is 1. The molecule has 0 radical (unpaired) electrons. The smallest absolute Gasteiger partial charge is 0.357 e. The predicted octanol–water partition coefficient (Wildman–Crippen LogP) is 2.36. The zero-order valence-electron chi connectivity index (χ0n) is 11.8. The second-order valence-corrected chi connectivity index (χ2v) is 4.88. The van der Waals surface area contributed by atoms with E-state index in [1.54, 1.807) is 12.3 Å². The summed E-state index contributed by atoms with van der Waals surface area (Å²) >= 11 is 1.47. The Hall–Kier alpha value is -1.43. The number of thioether (sulfide) groups is 1. The second kappa shape index (κ2) is 7.23. The zero-order chi connectivity index (χ0) is 14.4. The van der Waals surface area contributed by atoms with Crippen molar-refractivity contribution in [2.45, 2.75) is 27.0 Å². The van der Waals surface area contributed by atoms with E-state index in [0.717, 1.165) is 11.5 Å². The summed E-state index contributed by atoms with van der Waals surface area (Å²) in [6.07, 6.45) is 0.0571. The molecule has 1 rings (SSSR count). The molecule has 0 aromatic rings. The Kier molecular flexibility index (Phi) is 5.95. The summed E-state index contributed by atoms with van der Waals surface area (Å²) in [7, 11) is 1.98. The van der Waals surface area contributed by atoms with Gasteiger partial charge in [0, 0.05) is 18.2 Å². The van der Waals surface area contributed by atoms with Crippen molar-refractivity contribution in [1.82, 2.24) is 4.90 Å². The van der Waals surface area contributed by atoms with Crippen LogP contribution in [-0.4, -0.2) is 43.2 Å². The Morgan fingerprint density at radius 3 is 2.84 bits per heavy atom. The summed E-state index contributed by atoms with van der Waals surface area (Å²) in [6.45, 7) is 9.40. The first-order chi connectivity index (χ1) is 9.01. The van der Waals surface area contributed by atoms with Gasteiger partial charge in [0.25, 0.3) is 0 Å². The van der Waals surface area contributed by atoms with Gasteiger partial charge in [0.15, 0.2) is 11.9 Å². The predicted molar refractivity (Wildman–Crippen MR) is 77.7 cm³/mol. The molecule has 5 nitrogen and oxygen atoms in total. The highest BCUT2D eigenvalue weighted by atomic mass is 32.2. The lowest BCUT2D eigenvalue weighted by Gasteiger charge is -2.18. The highest BCUT2D eigenvalue weighted by molar-refractivity contribution is 8.02. The largest absolute Gasteiger partial charge is 0.474 e. The minimum atomic E-state index is -0.444. The van der Waals surface area contributed by atoms with E-state index in [1.165, 1.54) is 11.8 Å². The molecule has 0 aromatic carbocycles. The number of hydrogen-bond donors (Lipinski definition) is 0. The Morgan fingerprint density at radius 2 is 2.37 bits per heavy atom. The van der Waals surface area contributed by atoms with E-state index in [2.05, 4.69) is 16.6 Å². The van der Waals surface area contributed by atoms with Crippen LogP contribution in [0, 0.1) is 0 Å². The lowest BCUT2D eigenvalue weighted by atomic mass is 10.4. The summed E-state index contributed by atoms with van der Waals surface area (Å²) in [6, 6.07) is 0. The second-order valence-electron chi connectivity index (χ2n) is 4.02. The molecule has 1 aliphatic heterocycles. The van der Waals surface area contributed by atoms with Crippen LogP contribution in [0.3, 0.4) is 0 Å². The fourth-order valence-electron chi connectivity index (χ4n) is 1.63. The van der Waals surface area contributed by atoms with E-state index < -0.39 is 5.97 Å². The molecule has 0 N–H and O–H groups in total. The van der Waals surface area contributed by atoms with E-state index in [4.69, 9.17) is 9.47 Å². The van der Waals surface area contributed by atoms with Gasteiger partial charge in [-0.05, 0) is 27.5 Å². The SMILES string of the molecule is C=N/C(=C\SCC1=C(C)OC(C)N1C)C(=O)OCC. The van der Waals surface area contributed by atoms with Crippen LogP contribution in [0.25, 0.3) is 0 Å². The molecule has 0 bridgehead atoms. The summed E-state index contributed by atoms with van der Waals surface area (Å²) in [5, 5.41) is 1.67. The summed E-state index contributed by atoms with van der Waals surface area (Å²) < 4.78 is 10.5. The Balaban J connectivity index is 2.59. The number of aliphatic imine (C=N–C) groups is 1. The molecule has 0 saturated heterocycles. The van der Waals surface area contributed by atoms with Crippen molar-refractivity contribution < 1.29 is 14.3 Å². The summed E-state index contributed by atoms with van der Waals surface area (Å²) in [5.74, 6) is 1.19. The average molecular weight is 284 g/mol. The van der Waals surface area contributed by atoms with Crippen molar-refractivity contribution in [2.24, 2.45) is 4.99 Å². The minimum Gasteiger partial charge on any atom is -0.474 e. The molecule has 0 amide bonds. The highest BCUT2D eigenvalue weighted by Gasteiger charge is 2.24. The molecule has 1 heterocycles.